The van der Waals surface area contributed by atoms with Crippen molar-refractivity contribution in [3.63, 3.8) is 0 Å². The summed E-state index contributed by atoms with van der Waals surface area (Å²) in [6, 6.07) is 7.52. The zero-order valence-electron chi connectivity index (χ0n) is 13.2. The minimum atomic E-state index is 0.627. The molecule has 3 nitrogen and oxygen atoms in total. The van der Waals surface area contributed by atoms with Crippen molar-refractivity contribution in [2.24, 2.45) is 5.73 Å². The molecule has 1 heterocycles. The molecule has 1 atom stereocenters. The van der Waals surface area contributed by atoms with Crippen molar-refractivity contribution in [2.75, 3.05) is 38.1 Å². The highest BCUT2D eigenvalue weighted by Gasteiger charge is 2.22. The molecular formula is C17H29N3. The molecule has 2 N–H and O–H groups in total. The summed E-state index contributed by atoms with van der Waals surface area (Å²) < 4.78 is 0. The molecule has 0 radical (unpaired) electrons. The van der Waals surface area contributed by atoms with Crippen LogP contribution in [0.5, 0.6) is 0 Å². The van der Waals surface area contributed by atoms with Gasteiger partial charge in [0.25, 0.3) is 0 Å². The van der Waals surface area contributed by atoms with Gasteiger partial charge in [-0.2, -0.15) is 0 Å². The largest absolute Gasteiger partial charge is 0.367 e. The van der Waals surface area contributed by atoms with Gasteiger partial charge in [0.1, 0.15) is 0 Å². The molecule has 0 spiro atoms. The average Bonchev–Trinajstić information content (AvgIpc) is 2.62. The van der Waals surface area contributed by atoms with E-state index >= 15 is 0 Å². The maximum atomic E-state index is 5.67. The molecule has 1 fully saturated rings. The van der Waals surface area contributed by atoms with Gasteiger partial charge < -0.3 is 15.5 Å². The predicted molar refractivity (Wildman–Crippen MR) is 87.5 cm³/mol. The standard InChI is InChI=1S/C17H29N3/c1-4-16-13-19(3)10-5-11-20(16)17-7-6-15(8-9-18)14(2)12-17/h6-7,12,16H,4-5,8-11,13,18H2,1-3H3. The third-order valence-electron chi connectivity index (χ3n) is 4.44. The Morgan fingerprint density at radius 3 is 2.75 bits per heavy atom. The minimum Gasteiger partial charge on any atom is -0.367 e. The van der Waals surface area contributed by atoms with Crippen molar-refractivity contribution in [3.8, 4) is 0 Å². The van der Waals surface area contributed by atoms with Crippen LogP contribution < -0.4 is 10.6 Å². The van der Waals surface area contributed by atoms with Gasteiger partial charge in [0.2, 0.25) is 0 Å². The highest BCUT2D eigenvalue weighted by Crippen LogP contribution is 2.24. The summed E-state index contributed by atoms with van der Waals surface area (Å²) in [4.78, 5) is 5.06. The van der Waals surface area contributed by atoms with Gasteiger partial charge in [-0.1, -0.05) is 13.0 Å². The van der Waals surface area contributed by atoms with Crippen LogP contribution in [0.4, 0.5) is 5.69 Å². The summed E-state index contributed by atoms with van der Waals surface area (Å²) >= 11 is 0. The summed E-state index contributed by atoms with van der Waals surface area (Å²) in [5.74, 6) is 0. The van der Waals surface area contributed by atoms with E-state index in [0.29, 0.717) is 6.04 Å². The Morgan fingerprint density at radius 2 is 2.10 bits per heavy atom. The van der Waals surface area contributed by atoms with Crippen molar-refractivity contribution in [1.29, 1.82) is 0 Å². The van der Waals surface area contributed by atoms with Crippen LogP contribution in [0, 0.1) is 6.92 Å². The van der Waals surface area contributed by atoms with Gasteiger partial charge >= 0.3 is 0 Å². The van der Waals surface area contributed by atoms with Gasteiger partial charge in [0, 0.05) is 24.8 Å². The van der Waals surface area contributed by atoms with Crippen molar-refractivity contribution < 1.29 is 0 Å². The fraction of sp³-hybridized carbons (Fsp3) is 0.647. The van der Waals surface area contributed by atoms with Gasteiger partial charge in [-0.05, 0) is 69.6 Å². The normalized spacial score (nSPS) is 21.0. The van der Waals surface area contributed by atoms with E-state index in [1.54, 1.807) is 0 Å². The Labute approximate surface area is 123 Å². The molecule has 1 aromatic carbocycles. The predicted octanol–water partition coefficient (Wildman–Crippen LogP) is 2.42. The summed E-state index contributed by atoms with van der Waals surface area (Å²) in [5, 5.41) is 0. The molecule has 2 rings (SSSR count). The third-order valence-corrected chi connectivity index (χ3v) is 4.44. The van der Waals surface area contributed by atoms with E-state index in [9.17, 15) is 0 Å². The molecule has 0 aromatic heterocycles. The highest BCUT2D eigenvalue weighted by molar-refractivity contribution is 5.52. The van der Waals surface area contributed by atoms with Gasteiger partial charge in [0.15, 0.2) is 0 Å². The van der Waals surface area contributed by atoms with Crippen LogP contribution in [0.1, 0.15) is 30.9 Å². The van der Waals surface area contributed by atoms with Crippen molar-refractivity contribution in [1.82, 2.24) is 4.90 Å². The van der Waals surface area contributed by atoms with Gasteiger partial charge in [0.05, 0.1) is 0 Å². The first-order valence-corrected chi connectivity index (χ1v) is 7.90. The Bertz CT molecular complexity index is 430. The van der Waals surface area contributed by atoms with Crippen molar-refractivity contribution in [2.45, 2.75) is 39.2 Å². The highest BCUT2D eigenvalue weighted by atomic mass is 15.2. The molecule has 1 aromatic rings. The van der Waals surface area contributed by atoms with Gasteiger partial charge in [-0.15, -0.1) is 0 Å². The average molecular weight is 275 g/mol. The number of hydrogen-bond acceptors (Lipinski definition) is 3. The first-order valence-electron chi connectivity index (χ1n) is 7.90. The minimum absolute atomic E-state index is 0.627. The number of nitrogens with two attached hydrogens (primary N) is 1. The molecule has 1 saturated heterocycles. The second kappa shape index (κ2) is 7.09. The van der Waals surface area contributed by atoms with Gasteiger partial charge in [-0.3, -0.25) is 0 Å². The quantitative estimate of drug-likeness (QED) is 0.916. The lowest BCUT2D eigenvalue weighted by atomic mass is 10.0. The van der Waals surface area contributed by atoms with E-state index in [2.05, 4.69) is 48.9 Å². The number of likely N-dealkylation sites (N-methyl/N-ethyl adjacent to an activating group) is 1. The summed E-state index contributed by atoms with van der Waals surface area (Å²) in [7, 11) is 2.24. The van der Waals surface area contributed by atoms with Crippen LogP contribution in [-0.4, -0.2) is 44.2 Å². The number of benzene rings is 1. The van der Waals surface area contributed by atoms with E-state index in [-0.39, 0.29) is 0 Å². The number of rotatable bonds is 4. The summed E-state index contributed by atoms with van der Waals surface area (Å²) in [5.41, 5.74) is 9.81. The van der Waals surface area contributed by atoms with E-state index in [1.165, 1.54) is 49.3 Å². The Kier molecular flexibility index (Phi) is 5.44. The maximum absolute atomic E-state index is 5.67. The van der Waals surface area contributed by atoms with E-state index in [4.69, 9.17) is 5.73 Å². The van der Waals surface area contributed by atoms with Crippen molar-refractivity contribution in [3.05, 3.63) is 29.3 Å². The number of hydrogen-bond donors (Lipinski definition) is 1. The molecule has 0 aliphatic carbocycles. The lowest BCUT2D eigenvalue weighted by molar-refractivity contribution is 0.328. The lowest BCUT2D eigenvalue weighted by Gasteiger charge is -2.32. The molecule has 0 saturated carbocycles. The third kappa shape index (κ3) is 3.53. The first kappa shape index (κ1) is 15.3. The smallest absolute Gasteiger partial charge is 0.0414 e. The van der Waals surface area contributed by atoms with Crippen LogP contribution in [-0.2, 0) is 6.42 Å². The Hall–Kier alpha value is -1.06. The topological polar surface area (TPSA) is 32.5 Å². The molecule has 1 aliphatic rings. The van der Waals surface area contributed by atoms with E-state index in [0.717, 1.165) is 13.0 Å². The summed E-state index contributed by atoms with van der Waals surface area (Å²) in [6.07, 6.45) is 3.43. The molecule has 112 valence electrons. The zero-order valence-corrected chi connectivity index (χ0v) is 13.2. The second-order valence-electron chi connectivity index (χ2n) is 6.02. The number of anilines is 1. The fourth-order valence-electron chi connectivity index (χ4n) is 3.23. The molecule has 3 heteroatoms. The van der Waals surface area contributed by atoms with Crippen LogP contribution in [0.25, 0.3) is 0 Å². The van der Waals surface area contributed by atoms with Crippen LogP contribution >= 0.6 is 0 Å². The van der Waals surface area contributed by atoms with E-state index in [1.807, 2.05) is 0 Å². The number of aryl methyl sites for hydroxylation is 1. The second-order valence-corrected chi connectivity index (χ2v) is 6.02. The fourth-order valence-corrected chi connectivity index (χ4v) is 3.23. The lowest BCUT2D eigenvalue weighted by Crippen LogP contribution is -2.39. The van der Waals surface area contributed by atoms with E-state index < -0.39 is 0 Å². The molecule has 0 amide bonds. The van der Waals surface area contributed by atoms with Crippen molar-refractivity contribution >= 4 is 5.69 Å². The molecule has 0 bridgehead atoms. The Morgan fingerprint density at radius 1 is 1.30 bits per heavy atom. The van der Waals surface area contributed by atoms with Crippen LogP contribution in [0.2, 0.25) is 0 Å². The first-order chi connectivity index (χ1) is 9.65. The molecular weight excluding hydrogens is 246 g/mol. The molecule has 20 heavy (non-hydrogen) atoms. The monoisotopic (exact) mass is 275 g/mol. The SMILES string of the molecule is CCC1CN(C)CCCN1c1ccc(CCN)c(C)c1. The van der Waals surface area contributed by atoms with Gasteiger partial charge in [-0.25, -0.2) is 0 Å². The maximum Gasteiger partial charge on any atom is 0.0414 e. The number of nitrogens with zero attached hydrogens (tertiary/aromatic N) is 2. The van der Waals surface area contributed by atoms with Crippen LogP contribution in [0.15, 0.2) is 18.2 Å². The summed E-state index contributed by atoms with van der Waals surface area (Å²) in [6.45, 7) is 8.77. The Balaban J connectivity index is 2.21. The molecule has 1 unspecified atom stereocenters. The molecule has 1 aliphatic heterocycles. The van der Waals surface area contributed by atoms with Crippen LogP contribution in [0.3, 0.4) is 0 Å². The zero-order chi connectivity index (χ0) is 14.5.